The van der Waals surface area contributed by atoms with Crippen LogP contribution in [0, 0.1) is 0 Å². The molecule has 0 rings (SSSR count). The average Bonchev–Trinajstić information content (AvgIpc) is 0. The summed E-state index contributed by atoms with van der Waals surface area (Å²) in [6.45, 7) is 0. The smallest absolute Gasteiger partial charge is 2.00 e. The monoisotopic (exact) mass is 148 g/mol. The third kappa shape index (κ3) is 10.4. The summed E-state index contributed by atoms with van der Waals surface area (Å²) in [7, 11) is 0. The molecule has 0 radical (unpaired) electrons. The van der Waals surface area contributed by atoms with Crippen molar-refractivity contribution in [2.24, 2.45) is 0 Å². The topological polar surface area (TPSA) is 31.5 Å². The van der Waals surface area contributed by atoms with Gasteiger partial charge in [-0.1, -0.05) is 0 Å². The Bertz CT molecular complexity index is 6.00. The third-order valence-corrected chi connectivity index (χ3v) is 0. The second-order valence-corrected chi connectivity index (χ2v) is 0. The predicted molar refractivity (Wildman–Crippen MR) is 21.4 cm³/mol. The molecule has 0 aromatic carbocycles. The van der Waals surface area contributed by atoms with Crippen LogP contribution in [0.3, 0.4) is 0 Å². The fraction of sp³-hybridized carbons (Fsp3) is 0. The largest absolute Gasteiger partial charge is 2.00 e. The Balaban J connectivity index is 0. The molecule has 0 fully saturated rings. The molecular formula is H4OS2Zn. The summed E-state index contributed by atoms with van der Waals surface area (Å²) in [6.07, 6.45) is 0. The van der Waals surface area contributed by atoms with Gasteiger partial charge in [0.25, 0.3) is 0 Å². The van der Waals surface area contributed by atoms with Crippen molar-refractivity contribution in [1.82, 2.24) is 0 Å². The molecule has 2 N–H and O–H groups in total. The van der Waals surface area contributed by atoms with E-state index in [1.165, 1.54) is 0 Å². The quantitative estimate of drug-likeness (QED) is 0.408. The second kappa shape index (κ2) is 28.0. The van der Waals surface area contributed by atoms with E-state index in [0.29, 0.717) is 0 Å². The molecule has 0 bridgehead atoms. The minimum absolute atomic E-state index is 0. The van der Waals surface area contributed by atoms with Crippen LogP contribution in [0.1, 0.15) is 0 Å². The van der Waals surface area contributed by atoms with Crippen LogP contribution in [0.25, 0.3) is 0 Å². The normalized spacial score (nSPS) is 0. The number of hydrogen-bond acceptors (Lipinski definition) is 0. The summed E-state index contributed by atoms with van der Waals surface area (Å²) >= 11 is 0. The first-order valence-corrected chi connectivity index (χ1v) is 0. The van der Waals surface area contributed by atoms with Gasteiger partial charge in [-0.15, -0.1) is 0 Å². The van der Waals surface area contributed by atoms with E-state index < -0.39 is 0 Å². The standard InChI is InChI=1S/H2O.H2S.S.Zn/h2*1H2;;/q;;-2;+2. The van der Waals surface area contributed by atoms with E-state index in [2.05, 4.69) is 0 Å². The molecule has 0 aromatic heterocycles. The van der Waals surface area contributed by atoms with Gasteiger partial charge in [0.1, 0.15) is 0 Å². The Labute approximate surface area is 52.1 Å². The zero-order valence-electron chi connectivity index (χ0n) is 2.12. The predicted octanol–water partition coefficient (Wildman–Crippen LogP) is -0.717. The van der Waals surface area contributed by atoms with Gasteiger partial charge in [0, 0.05) is 0 Å². The van der Waals surface area contributed by atoms with E-state index in [0.717, 1.165) is 0 Å². The first-order valence-electron chi connectivity index (χ1n) is 0. The molecule has 0 aliphatic heterocycles. The van der Waals surface area contributed by atoms with Gasteiger partial charge in [-0.3, -0.25) is 0 Å². The van der Waals surface area contributed by atoms with Crippen LogP contribution in [0.2, 0.25) is 0 Å². The summed E-state index contributed by atoms with van der Waals surface area (Å²) in [5.41, 5.74) is 0. The molecule has 0 heterocycles. The molecule has 4 heavy (non-hydrogen) atoms. The van der Waals surface area contributed by atoms with E-state index in [-0.39, 0.29) is 51.9 Å². The maximum absolute atomic E-state index is 0. The Morgan fingerprint density at radius 1 is 1.00 bits per heavy atom. The molecule has 0 aromatic rings. The Hall–Kier alpha value is 1.28. The van der Waals surface area contributed by atoms with Gasteiger partial charge in [0.2, 0.25) is 0 Å². The summed E-state index contributed by atoms with van der Waals surface area (Å²) in [4.78, 5) is 0. The molecule has 0 spiro atoms. The molecular weight excluding hydrogens is 146 g/mol. The number of hydrogen-bond donors (Lipinski definition) is 0. The molecule has 0 aliphatic rings. The summed E-state index contributed by atoms with van der Waals surface area (Å²) in [5.74, 6) is 0. The van der Waals surface area contributed by atoms with Crippen molar-refractivity contribution in [1.29, 1.82) is 0 Å². The minimum Gasteiger partial charge on any atom is -2.00 e. The fourth-order valence-corrected chi connectivity index (χ4v) is 0. The molecule has 0 saturated heterocycles. The van der Waals surface area contributed by atoms with Crippen LogP contribution in [-0.4, -0.2) is 5.48 Å². The van der Waals surface area contributed by atoms with Crippen LogP contribution in [0.15, 0.2) is 0 Å². The third-order valence-electron chi connectivity index (χ3n) is 0. The van der Waals surface area contributed by atoms with Crippen LogP contribution in [0.5, 0.6) is 0 Å². The van der Waals surface area contributed by atoms with Gasteiger partial charge in [-0.25, -0.2) is 0 Å². The Kier molecular flexibility index (Phi) is 413. The molecule has 0 unspecified atom stereocenters. The maximum atomic E-state index is 0. The van der Waals surface area contributed by atoms with Gasteiger partial charge >= 0.3 is 19.5 Å². The van der Waals surface area contributed by atoms with Crippen LogP contribution in [-0.2, 0) is 33.0 Å². The van der Waals surface area contributed by atoms with Crippen molar-refractivity contribution in [2.45, 2.75) is 0 Å². The van der Waals surface area contributed by atoms with Gasteiger partial charge in [-0.2, -0.15) is 13.5 Å². The van der Waals surface area contributed by atoms with E-state index in [1.807, 2.05) is 0 Å². The van der Waals surface area contributed by atoms with Crippen LogP contribution < -0.4 is 0 Å². The Morgan fingerprint density at radius 3 is 1.00 bits per heavy atom. The van der Waals surface area contributed by atoms with Gasteiger partial charge in [0.15, 0.2) is 0 Å². The van der Waals surface area contributed by atoms with Crippen LogP contribution in [0.4, 0.5) is 0 Å². The molecule has 0 saturated carbocycles. The minimum atomic E-state index is 0. The maximum Gasteiger partial charge on any atom is 2.00 e. The van der Waals surface area contributed by atoms with E-state index in [4.69, 9.17) is 0 Å². The van der Waals surface area contributed by atoms with Gasteiger partial charge in [0.05, 0.1) is 0 Å². The van der Waals surface area contributed by atoms with Crippen molar-refractivity contribution in [2.75, 3.05) is 0 Å². The summed E-state index contributed by atoms with van der Waals surface area (Å²) in [5, 5.41) is 0. The van der Waals surface area contributed by atoms with E-state index >= 15 is 0 Å². The molecule has 4 heteroatoms. The molecule has 0 aliphatic carbocycles. The van der Waals surface area contributed by atoms with Gasteiger partial charge in [-0.05, 0) is 0 Å². The van der Waals surface area contributed by atoms with E-state index in [9.17, 15) is 0 Å². The molecule has 0 atom stereocenters. The van der Waals surface area contributed by atoms with Gasteiger partial charge < -0.3 is 19.0 Å². The summed E-state index contributed by atoms with van der Waals surface area (Å²) < 4.78 is 0. The fourth-order valence-electron chi connectivity index (χ4n) is 0. The molecule has 0 amide bonds. The summed E-state index contributed by atoms with van der Waals surface area (Å²) in [6, 6.07) is 0. The van der Waals surface area contributed by atoms with Crippen molar-refractivity contribution < 1.29 is 25.0 Å². The van der Waals surface area contributed by atoms with Crippen molar-refractivity contribution in [3.8, 4) is 0 Å². The SMILES string of the molecule is O.S.[S-2].[Zn+2]. The van der Waals surface area contributed by atoms with Crippen molar-refractivity contribution in [3.63, 3.8) is 0 Å². The Morgan fingerprint density at radius 2 is 1.00 bits per heavy atom. The van der Waals surface area contributed by atoms with Crippen molar-refractivity contribution in [3.05, 3.63) is 0 Å². The van der Waals surface area contributed by atoms with Crippen LogP contribution >= 0.6 is 13.5 Å². The molecule has 1 nitrogen and oxygen atoms in total. The second-order valence-electron chi connectivity index (χ2n) is 0. The zero-order valence-corrected chi connectivity index (χ0v) is 6.90. The first-order chi connectivity index (χ1) is 0. The zero-order chi connectivity index (χ0) is 0. The molecule has 24 valence electrons. The average molecular weight is 150 g/mol. The number of rotatable bonds is 0. The van der Waals surface area contributed by atoms with E-state index in [1.54, 1.807) is 0 Å². The van der Waals surface area contributed by atoms with Crippen molar-refractivity contribution >= 4 is 27.0 Å². The first kappa shape index (κ1) is 58.9.